The van der Waals surface area contributed by atoms with Gasteiger partial charge in [0.1, 0.15) is 0 Å². The maximum Gasteiger partial charge on any atom is 0.0312 e. The summed E-state index contributed by atoms with van der Waals surface area (Å²) in [5.74, 6) is 0. The first-order chi connectivity index (χ1) is 8.17. The minimum absolute atomic E-state index is 0.499. The predicted octanol–water partition coefficient (Wildman–Crippen LogP) is 1.30. The van der Waals surface area contributed by atoms with Crippen molar-refractivity contribution in [3.05, 3.63) is 0 Å². The molecule has 3 nitrogen and oxygen atoms in total. The van der Waals surface area contributed by atoms with Gasteiger partial charge in [0.2, 0.25) is 0 Å². The zero-order valence-corrected chi connectivity index (χ0v) is 11.4. The van der Waals surface area contributed by atoms with Crippen molar-refractivity contribution in [2.24, 2.45) is 0 Å². The zero-order chi connectivity index (χ0) is 11.9. The van der Waals surface area contributed by atoms with E-state index in [0.717, 1.165) is 12.1 Å². The van der Waals surface area contributed by atoms with Crippen LogP contribution < -0.4 is 5.32 Å². The summed E-state index contributed by atoms with van der Waals surface area (Å²) < 4.78 is 0. The Hall–Kier alpha value is -0.120. The number of likely N-dealkylation sites (N-methyl/N-ethyl adjacent to an activating group) is 1. The topological polar surface area (TPSA) is 18.5 Å². The lowest BCUT2D eigenvalue weighted by Crippen LogP contribution is -2.53. The Morgan fingerprint density at radius 2 is 2.00 bits per heavy atom. The highest BCUT2D eigenvalue weighted by molar-refractivity contribution is 5.06. The van der Waals surface area contributed by atoms with Gasteiger partial charge in [-0.2, -0.15) is 0 Å². The Labute approximate surface area is 106 Å². The first-order valence-corrected chi connectivity index (χ1v) is 7.33. The molecule has 0 radical (unpaired) electrons. The maximum atomic E-state index is 3.88. The fourth-order valence-electron chi connectivity index (χ4n) is 4.12. The molecule has 3 heteroatoms. The van der Waals surface area contributed by atoms with Gasteiger partial charge in [-0.1, -0.05) is 0 Å². The molecule has 17 heavy (non-hydrogen) atoms. The SMILES string of the molecule is CN(C)C1CCCN(CC23CCC(CC2)N3)C1. The molecule has 1 N–H and O–H groups in total. The maximum absolute atomic E-state index is 3.88. The van der Waals surface area contributed by atoms with Gasteiger partial charge in [-0.25, -0.2) is 0 Å². The number of rotatable bonds is 3. The number of likely N-dealkylation sites (tertiary alicyclic amines) is 1. The molecule has 0 aromatic rings. The van der Waals surface area contributed by atoms with E-state index >= 15 is 0 Å². The van der Waals surface area contributed by atoms with Crippen molar-refractivity contribution in [3.8, 4) is 0 Å². The third-order valence-corrected chi connectivity index (χ3v) is 5.19. The minimum atomic E-state index is 0.499. The summed E-state index contributed by atoms with van der Waals surface area (Å²) in [6.07, 6.45) is 8.44. The van der Waals surface area contributed by atoms with E-state index in [-0.39, 0.29) is 0 Å². The van der Waals surface area contributed by atoms with Crippen LogP contribution in [0.25, 0.3) is 0 Å². The van der Waals surface area contributed by atoms with E-state index in [1.807, 2.05) is 0 Å². The van der Waals surface area contributed by atoms with Crippen molar-refractivity contribution in [3.63, 3.8) is 0 Å². The molecule has 0 spiro atoms. The zero-order valence-electron chi connectivity index (χ0n) is 11.4. The highest BCUT2D eigenvalue weighted by atomic mass is 15.2. The number of nitrogens with zero attached hydrogens (tertiary/aromatic N) is 2. The fourth-order valence-corrected chi connectivity index (χ4v) is 4.12. The van der Waals surface area contributed by atoms with Gasteiger partial charge < -0.3 is 10.2 Å². The van der Waals surface area contributed by atoms with Gasteiger partial charge in [0.05, 0.1) is 0 Å². The van der Waals surface area contributed by atoms with E-state index in [9.17, 15) is 0 Å². The molecule has 3 aliphatic rings. The first kappa shape index (κ1) is 11.9. The molecule has 3 fully saturated rings. The van der Waals surface area contributed by atoms with E-state index in [1.165, 1.54) is 58.2 Å². The molecule has 0 aromatic carbocycles. The third kappa shape index (κ3) is 2.38. The van der Waals surface area contributed by atoms with Crippen LogP contribution in [0.5, 0.6) is 0 Å². The summed E-state index contributed by atoms with van der Waals surface area (Å²) in [6.45, 7) is 3.90. The standard InChI is InChI=1S/C14H27N3/c1-16(2)13-4-3-9-17(10-13)11-14-7-5-12(15-14)6-8-14/h12-13,15H,3-11H2,1-2H3. The second kappa shape index (κ2) is 4.52. The van der Waals surface area contributed by atoms with Crippen LogP contribution in [0.15, 0.2) is 0 Å². The van der Waals surface area contributed by atoms with Crippen molar-refractivity contribution in [2.45, 2.75) is 56.1 Å². The lowest BCUT2D eigenvalue weighted by molar-refractivity contribution is 0.106. The van der Waals surface area contributed by atoms with Gasteiger partial charge >= 0.3 is 0 Å². The van der Waals surface area contributed by atoms with Crippen molar-refractivity contribution in [1.29, 1.82) is 0 Å². The van der Waals surface area contributed by atoms with Crippen molar-refractivity contribution >= 4 is 0 Å². The molecule has 0 saturated carbocycles. The summed E-state index contributed by atoms with van der Waals surface area (Å²) in [5.41, 5.74) is 0.499. The second-order valence-corrected chi connectivity index (χ2v) is 6.69. The first-order valence-electron chi connectivity index (χ1n) is 7.33. The Balaban J connectivity index is 1.58. The number of hydrogen-bond acceptors (Lipinski definition) is 3. The summed E-state index contributed by atoms with van der Waals surface area (Å²) in [6, 6.07) is 1.63. The van der Waals surface area contributed by atoms with Crippen molar-refractivity contribution in [1.82, 2.24) is 15.1 Å². The predicted molar refractivity (Wildman–Crippen MR) is 71.3 cm³/mol. The number of piperidine rings is 1. The van der Waals surface area contributed by atoms with Crippen LogP contribution in [0, 0.1) is 0 Å². The molecule has 1 atom stereocenters. The second-order valence-electron chi connectivity index (χ2n) is 6.69. The van der Waals surface area contributed by atoms with E-state index < -0.39 is 0 Å². The highest BCUT2D eigenvalue weighted by Gasteiger charge is 2.45. The van der Waals surface area contributed by atoms with Gasteiger partial charge in [0.15, 0.2) is 0 Å². The molecule has 0 amide bonds. The lowest BCUT2D eigenvalue weighted by Gasteiger charge is -2.40. The molecule has 0 aliphatic carbocycles. The molecule has 3 rings (SSSR count). The Morgan fingerprint density at radius 1 is 1.24 bits per heavy atom. The lowest BCUT2D eigenvalue weighted by atomic mass is 9.87. The monoisotopic (exact) mass is 237 g/mol. The number of hydrogen-bond donors (Lipinski definition) is 1. The van der Waals surface area contributed by atoms with Gasteiger partial charge in [-0.3, -0.25) is 4.90 Å². The number of fused-ring (bicyclic) bond motifs is 2. The minimum Gasteiger partial charge on any atom is -0.307 e. The largest absolute Gasteiger partial charge is 0.307 e. The molecule has 3 aliphatic heterocycles. The molecular formula is C14H27N3. The van der Waals surface area contributed by atoms with Crippen LogP contribution in [-0.4, -0.2) is 61.2 Å². The van der Waals surface area contributed by atoms with E-state index in [4.69, 9.17) is 0 Å². The highest BCUT2D eigenvalue weighted by Crippen LogP contribution is 2.38. The molecular weight excluding hydrogens is 210 g/mol. The van der Waals surface area contributed by atoms with Crippen LogP contribution >= 0.6 is 0 Å². The Morgan fingerprint density at radius 3 is 2.59 bits per heavy atom. The quantitative estimate of drug-likeness (QED) is 0.798. The van der Waals surface area contributed by atoms with Crippen molar-refractivity contribution < 1.29 is 0 Å². The fraction of sp³-hybridized carbons (Fsp3) is 1.00. The van der Waals surface area contributed by atoms with Crippen LogP contribution in [0.1, 0.15) is 38.5 Å². The van der Waals surface area contributed by atoms with Gasteiger partial charge in [-0.15, -0.1) is 0 Å². The average Bonchev–Trinajstić information content (AvgIpc) is 2.89. The van der Waals surface area contributed by atoms with E-state index in [0.29, 0.717) is 5.54 Å². The number of nitrogens with one attached hydrogen (secondary N) is 1. The van der Waals surface area contributed by atoms with Crippen LogP contribution in [-0.2, 0) is 0 Å². The Bertz CT molecular complexity index is 269. The third-order valence-electron chi connectivity index (χ3n) is 5.19. The summed E-state index contributed by atoms with van der Waals surface area (Å²) in [5, 5.41) is 3.88. The smallest absolute Gasteiger partial charge is 0.0312 e. The molecule has 3 heterocycles. The molecule has 0 aromatic heterocycles. The average molecular weight is 237 g/mol. The summed E-state index contributed by atoms with van der Waals surface area (Å²) in [4.78, 5) is 5.12. The summed E-state index contributed by atoms with van der Waals surface area (Å²) >= 11 is 0. The van der Waals surface area contributed by atoms with Gasteiger partial charge in [-0.05, 0) is 59.2 Å². The molecule has 3 saturated heterocycles. The summed E-state index contributed by atoms with van der Waals surface area (Å²) in [7, 11) is 4.46. The normalized spacial score (nSPS) is 42.5. The van der Waals surface area contributed by atoms with Crippen LogP contribution in [0.4, 0.5) is 0 Å². The van der Waals surface area contributed by atoms with E-state index in [2.05, 4.69) is 29.2 Å². The molecule has 2 bridgehead atoms. The molecule has 1 unspecified atom stereocenters. The van der Waals surface area contributed by atoms with Gasteiger partial charge in [0.25, 0.3) is 0 Å². The molecule has 98 valence electrons. The van der Waals surface area contributed by atoms with Crippen molar-refractivity contribution in [2.75, 3.05) is 33.7 Å². The van der Waals surface area contributed by atoms with Crippen LogP contribution in [0.2, 0.25) is 0 Å². The van der Waals surface area contributed by atoms with Gasteiger partial charge in [0, 0.05) is 30.7 Å². The Kier molecular flexibility index (Phi) is 3.18. The van der Waals surface area contributed by atoms with Crippen LogP contribution in [0.3, 0.4) is 0 Å². The van der Waals surface area contributed by atoms with E-state index in [1.54, 1.807) is 0 Å².